The molecule has 0 aliphatic rings. The number of carbonyl (C=O) groups excluding carboxylic acids is 3. The average molecular weight is 389 g/mol. The Morgan fingerprint density at radius 3 is 2.00 bits per heavy atom. The molecule has 3 amide bonds. The van der Waals surface area contributed by atoms with Crippen LogP contribution in [0.1, 0.15) is 36.7 Å². The fourth-order valence-electron chi connectivity index (χ4n) is 1.82. The fraction of sp³-hybridized carbons (Fsp3) is 0.471. The Labute approximate surface area is 154 Å². The molecule has 10 heteroatoms. The van der Waals surface area contributed by atoms with Gasteiger partial charge >= 0.3 is 12.3 Å². The molecule has 0 atom stereocenters. The molecule has 1 aromatic rings. The second-order valence-electron chi connectivity index (χ2n) is 6.54. The van der Waals surface area contributed by atoms with Gasteiger partial charge in [-0.25, -0.2) is 4.79 Å². The third-order valence-electron chi connectivity index (χ3n) is 3.00. The van der Waals surface area contributed by atoms with Crippen LogP contribution in [0.5, 0.6) is 0 Å². The van der Waals surface area contributed by atoms with Gasteiger partial charge in [-0.3, -0.25) is 9.59 Å². The fourth-order valence-corrected chi connectivity index (χ4v) is 1.82. The van der Waals surface area contributed by atoms with E-state index in [2.05, 4.69) is 16.0 Å². The van der Waals surface area contributed by atoms with Gasteiger partial charge in [0.2, 0.25) is 5.91 Å². The van der Waals surface area contributed by atoms with Gasteiger partial charge < -0.3 is 20.7 Å². The Bertz CT molecular complexity index is 667. The first-order valence-electron chi connectivity index (χ1n) is 8.07. The number of hydrogen-bond donors (Lipinski definition) is 3. The van der Waals surface area contributed by atoms with Crippen molar-refractivity contribution in [3.63, 3.8) is 0 Å². The first-order chi connectivity index (χ1) is 12.4. The van der Waals surface area contributed by atoms with Gasteiger partial charge in [0.05, 0.1) is 12.1 Å². The Kier molecular flexibility index (Phi) is 7.62. The first kappa shape index (κ1) is 22.3. The summed E-state index contributed by atoms with van der Waals surface area (Å²) in [6, 6.07) is 3.78. The first-order valence-corrected chi connectivity index (χ1v) is 8.07. The van der Waals surface area contributed by atoms with Crippen LogP contribution in [0.2, 0.25) is 0 Å². The predicted molar refractivity (Wildman–Crippen MR) is 91.0 cm³/mol. The van der Waals surface area contributed by atoms with Crippen LogP contribution in [0.4, 0.5) is 18.0 Å². The van der Waals surface area contributed by atoms with Crippen LogP contribution in [-0.4, -0.2) is 43.1 Å². The lowest BCUT2D eigenvalue weighted by molar-refractivity contribution is -0.137. The summed E-state index contributed by atoms with van der Waals surface area (Å²) >= 11 is 0. The maximum Gasteiger partial charge on any atom is 0.416 e. The minimum atomic E-state index is -4.47. The van der Waals surface area contributed by atoms with Crippen molar-refractivity contribution in [2.24, 2.45) is 0 Å². The lowest BCUT2D eigenvalue weighted by Crippen LogP contribution is -2.42. The minimum Gasteiger partial charge on any atom is -0.444 e. The molecule has 1 aromatic carbocycles. The third-order valence-corrected chi connectivity index (χ3v) is 3.00. The largest absolute Gasteiger partial charge is 0.444 e. The smallest absolute Gasteiger partial charge is 0.416 e. The molecule has 150 valence electrons. The van der Waals surface area contributed by atoms with Crippen molar-refractivity contribution in [3.05, 3.63) is 35.4 Å². The van der Waals surface area contributed by atoms with E-state index < -0.39 is 35.2 Å². The van der Waals surface area contributed by atoms with Crippen molar-refractivity contribution in [2.75, 3.05) is 19.6 Å². The van der Waals surface area contributed by atoms with E-state index in [-0.39, 0.29) is 25.2 Å². The number of rotatable bonds is 6. The molecule has 0 aliphatic heterocycles. The van der Waals surface area contributed by atoms with Crippen molar-refractivity contribution < 1.29 is 32.3 Å². The summed E-state index contributed by atoms with van der Waals surface area (Å²) in [7, 11) is 0. The lowest BCUT2D eigenvalue weighted by atomic mass is 10.1. The lowest BCUT2D eigenvalue weighted by Gasteiger charge is -2.19. The number of alkyl carbamates (subject to hydrolysis) is 1. The SMILES string of the molecule is CC(C)(C)OC(=O)NCC(=O)NCCNC(=O)c1ccc(C(F)(F)F)cc1. The summed E-state index contributed by atoms with van der Waals surface area (Å²) in [6.45, 7) is 4.92. The van der Waals surface area contributed by atoms with Gasteiger partial charge in [0.25, 0.3) is 5.91 Å². The van der Waals surface area contributed by atoms with Crippen LogP contribution >= 0.6 is 0 Å². The van der Waals surface area contributed by atoms with E-state index in [1.807, 2.05) is 0 Å². The van der Waals surface area contributed by atoms with Gasteiger partial charge in [-0.05, 0) is 45.0 Å². The maximum atomic E-state index is 12.5. The molecular weight excluding hydrogens is 367 g/mol. The highest BCUT2D eigenvalue weighted by atomic mass is 19.4. The maximum absolute atomic E-state index is 12.5. The summed E-state index contributed by atoms with van der Waals surface area (Å²) in [5, 5.41) is 7.20. The standard InChI is InChI=1S/C17H22F3N3O4/c1-16(2,3)27-15(26)23-10-13(24)21-8-9-22-14(25)11-4-6-12(7-5-11)17(18,19)20/h4-7H,8-10H2,1-3H3,(H,21,24)(H,22,25)(H,23,26). The highest BCUT2D eigenvalue weighted by Gasteiger charge is 2.30. The minimum absolute atomic E-state index is 0.0675. The molecule has 0 saturated heterocycles. The zero-order chi connectivity index (χ0) is 20.7. The molecule has 0 aliphatic carbocycles. The van der Waals surface area contributed by atoms with Crippen LogP contribution in [0.3, 0.4) is 0 Å². The number of amides is 3. The quantitative estimate of drug-likeness (QED) is 0.649. The molecule has 0 bridgehead atoms. The normalized spacial score (nSPS) is 11.5. The Hall–Kier alpha value is -2.78. The molecule has 0 radical (unpaired) electrons. The van der Waals surface area contributed by atoms with Crippen molar-refractivity contribution in [2.45, 2.75) is 32.5 Å². The van der Waals surface area contributed by atoms with Gasteiger partial charge in [0.1, 0.15) is 5.60 Å². The van der Waals surface area contributed by atoms with E-state index in [0.29, 0.717) is 0 Å². The molecule has 3 N–H and O–H groups in total. The molecule has 7 nitrogen and oxygen atoms in total. The summed E-state index contributed by atoms with van der Waals surface area (Å²) in [6.07, 6.45) is -5.19. The van der Waals surface area contributed by atoms with Crippen molar-refractivity contribution in [1.82, 2.24) is 16.0 Å². The highest BCUT2D eigenvalue weighted by molar-refractivity contribution is 5.94. The number of halogens is 3. The summed E-state index contributed by atoms with van der Waals surface area (Å²) in [5.74, 6) is -1.05. The molecule has 1 rings (SSSR count). The van der Waals surface area contributed by atoms with E-state index in [4.69, 9.17) is 4.74 Å². The third kappa shape index (κ3) is 8.93. The molecule has 0 aromatic heterocycles. The van der Waals surface area contributed by atoms with E-state index >= 15 is 0 Å². The number of ether oxygens (including phenoxy) is 1. The van der Waals surface area contributed by atoms with Crippen LogP contribution < -0.4 is 16.0 Å². The Balaban J connectivity index is 2.28. The van der Waals surface area contributed by atoms with E-state index in [1.165, 1.54) is 0 Å². The van der Waals surface area contributed by atoms with Crippen molar-refractivity contribution >= 4 is 17.9 Å². The number of alkyl halides is 3. The van der Waals surface area contributed by atoms with Crippen LogP contribution in [0.15, 0.2) is 24.3 Å². The Morgan fingerprint density at radius 1 is 0.926 bits per heavy atom. The van der Waals surface area contributed by atoms with E-state index in [0.717, 1.165) is 24.3 Å². The zero-order valence-electron chi connectivity index (χ0n) is 15.2. The molecule has 0 heterocycles. The van der Waals surface area contributed by atoms with E-state index in [1.54, 1.807) is 20.8 Å². The van der Waals surface area contributed by atoms with Gasteiger partial charge in [-0.1, -0.05) is 0 Å². The zero-order valence-corrected chi connectivity index (χ0v) is 15.2. The Morgan fingerprint density at radius 2 is 1.48 bits per heavy atom. The molecule has 0 saturated carbocycles. The van der Waals surface area contributed by atoms with Crippen LogP contribution in [0.25, 0.3) is 0 Å². The van der Waals surface area contributed by atoms with Gasteiger partial charge in [-0.15, -0.1) is 0 Å². The van der Waals surface area contributed by atoms with Crippen LogP contribution in [-0.2, 0) is 15.7 Å². The molecule has 0 fully saturated rings. The van der Waals surface area contributed by atoms with Crippen molar-refractivity contribution in [1.29, 1.82) is 0 Å². The van der Waals surface area contributed by atoms with Gasteiger partial charge in [0.15, 0.2) is 0 Å². The van der Waals surface area contributed by atoms with Gasteiger partial charge in [-0.2, -0.15) is 13.2 Å². The molecule has 0 unspecified atom stereocenters. The number of hydrogen-bond acceptors (Lipinski definition) is 4. The monoisotopic (exact) mass is 389 g/mol. The molecular formula is C17H22F3N3O4. The highest BCUT2D eigenvalue weighted by Crippen LogP contribution is 2.29. The molecule has 0 spiro atoms. The predicted octanol–water partition coefficient (Wildman–Crippen LogP) is 2.08. The number of benzene rings is 1. The second-order valence-corrected chi connectivity index (χ2v) is 6.54. The number of nitrogens with one attached hydrogen (secondary N) is 3. The van der Waals surface area contributed by atoms with Gasteiger partial charge in [0, 0.05) is 18.7 Å². The number of carbonyl (C=O) groups is 3. The topological polar surface area (TPSA) is 96.5 Å². The molecule has 27 heavy (non-hydrogen) atoms. The van der Waals surface area contributed by atoms with Crippen LogP contribution in [0, 0.1) is 0 Å². The second kappa shape index (κ2) is 9.24. The summed E-state index contributed by atoms with van der Waals surface area (Å²) < 4.78 is 42.4. The van der Waals surface area contributed by atoms with E-state index in [9.17, 15) is 27.6 Å². The summed E-state index contributed by atoms with van der Waals surface area (Å²) in [5.41, 5.74) is -1.45. The average Bonchev–Trinajstić information content (AvgIpc) is 2.54. The summed E-state index contributed by atoms with van der Waals surface area (Å²) in [4.78, 5) is 34.8. The van der Waals surface area contributed by atoms with Crippen molar-refractivity contribution in [3.8, 4) is 0 Å².